The molecule has 0 aliphatic rings. The second-order valence-electron chi connectivity index (χ2n) is 6.48. The number of carbonyl (C=O) groups is 2. The van der Waals surface area contributed by atoms with Gasteiger partial charge in [0, 0.05) is 0 Å². The zero-order valence-electron chi connectivity index (χ0n) is 18.5. The van der Waals surface area contributed by atoms with E-state index in [0.29, 0.717) is 5.56 Å². The largest absolute Gasteiger partial charge is 0.480 e. The maximum atomic E-state index is 13.0. The highest BCUT2D eigenvalue weighted by molar-refractivity contribution is 7.62. The Morgan fingerprint density at radius 2 is 1.59 bits per heavy atom. The van der Waals surface area contributed by atoms with Gasteiger partial charge in [0.25, 0.3) is 5.91 Å². The third-order valence-corrected chi connectivity index (χ3v) is 5.20. The molecule has 0 heterocycles. The standard InChI is InChI=1S/C15H22FN2O5P.C3H8.C2H6/c1-4-12(15(20)21)18(22)13(19)9-17-14(24(2,3)23)10-5-7-11(16)8-6-10;1-3-2;1-2/h5-8,12,14,17,22H,4,9H2,1-3H3,(H,20,21);3H2,1-2H3;1-2H3. The van der Waals surface area contributed by atoms with Crippen molar-refractivity contribution in [2.45, 2.75) is 59.3 Å². The molecule has 168 valence electrons. The monoisotopic (exact) mass is 434 g/mol. The number of halogens is 1. The van der Waals surface area contributed by atoms with Crippen molar-refractivity contribution in [1.82, 2.24) is 10.4 Å². The van der Waals surface area contributed by atoms with Crippen LogP contribution < -0.4 is 5.32 Å². The van der Waals surface area contributed by atoms with Gasteiger partial charge in [-0.15, -0.1) is 0 Å². The van der Waals surface area contributed by atoms with Crippen molar-refractivity contribution in [2.24, 2.45) is 0 Å². The van der Waals surface area contributed by atoms with Crippen LogP contribution in [0.2, 0.25) is 0 Å². The predicted octanol–water partition coefficient (Wildman–Crippen LogP) is 4.56. The van der Waals surface area contributed by atoms with Gasteiger partial charge in [-0.3, -0.25) is 15.3 Å². The molecule has 0 radical (unpaired) electrons. The first-order valence-electron chi connectivity index (χ1n) is 9.76. The summed E-state index contributed by atoms with van der Waals surface area (Å²) in [4.78, 5) is 22.9. The fourth-order valence-corrected chi connectivity index (χ4v) is 3.65. The molecule has 0 aliphatic carbocycles. The SMILES string of the molecule is CC.CCC.CCC(C(=O)O)N(O)C(=O)CNC(c1ccc(F)cc1)P(C)(C)=O. The summed E-state index contributed by atoms with van der Waals surface area (Å²) in [6, 6.07) is 4.01. The summed E-state index contributed by atoms with van der Waals surface area (Å²) in [6.45, 7) is 12.4. The third kappa shape index (κ3) is 11.1. The maximum absolute atomic E-state index is 13.0. The van der Waals surface area contributed by atoms with Gasteiger partial charge >= 0.3 is 5.97 Å². The van der Waals surface area contributed by atoms with Crippen LogP contribution in [0.3, 0.4) is 0 Å². The first kappa shape index (κ1) is 29.4. The molecule has 1 aromatic carbocycles. The van der Waals surface area contributed by atoms with E-state index in [0.717, 1.165) is 0 Å². The van der Waals surface area contributed by atoms with E-state index in [4.69, 9.17) is 5.11 Å². The Balaban J connectivity index is 0. The Morgan fingerprint density at radius 1 is 1.14 bits per heavy atom. The Hall–Kier alpha value is -1.76. The molecule has 0 aliphatic heterocycles. The molecule has 3 N–H and O–H groups in total. The van der Waals surface area contributed by atoms with Crippen LogP contribution in [0.25, 0.3) is 0 Å². The lowest BCUT2D eigenvalue weighted by molar-refractivity contribution is -0.185. The molecule has 0 saturated heterocycles. The molecule has 1 rings (SSSR count). The zero-order valence-corrected chi connectivity index (χ0v) is 19.4. The molecule has 29 heavy (non-hydrogen) atoms. The van der Waals surface area contributed by atoms with Crippen LogP contribution >= 0.6 is 7.14 Å². The van der Waals surface area contributed by atoms with Crippen LogP contribution in [-0.2, 0) is 14.2 Å². The second-order valence-corrected chi connectivity index (χ2v) is 9.86. The lowest BCUT2D eigenvalue weighted by atomic mass is 10.2. The van der Waals surface area contributed by atoms with Gasteiger partial charge in [-0.25, -0.2) is 14.2 Å². The number of carbonyl (C=O) groups excluding carboxylic acids is 1. The summed E-state index contributed by atoms with van der Waals surface area (Å²) in [7, 11) is -2.75. The normalized spacial score (nSPS) is 12.4. The fraction of sp³-hybridized carbons (Fsp3) is 0.600. The molecule has 2 atom stereocenters. The summed E-state index contributed by atoms with van der Waals surface area (Å²) >= 11 is 0. The van der Waals surface area contributed by atoms with Crippen molar-refractivity contribution < 1.29 is 28.9 Å². The van der Waals surface area contributed by atoms with Crippen LogP contribution in [0, 0.1) is 5.82 Å². The van der Waals surface area contributed by atoms with Crippen molar-refractivity contribution in [2.75, 3.05) is 19.9 Å². The highest BCUT2D eigenvalue weighted by atomic mass is 31.2. The number of aliphatic carboxylic acids is 1. The van der Waals surface area contributed by atoms with Gasteiger partial charge in [0.05, 0.1) is 12.3 Å². The van der Waals surface area contributed by atoms with E-state index in [1.807, 2.05) is 13.8 Å². The molecule has 7 nitrogen and oxygen atoms in total. The molecule has 0 bridgehead atoms. The van der Waals surface area contributed by atoms with Crippen molar-refractivity contribution in [3.05, 3.63) is 35.6 Å². The van der Waals surface area contributed by atoms with Gasteiger partial charge in [-0.05, 0) is 37.4 Å². The Bertz CT molecular complexity index is 649. The van der Waals surface area contributed by atoms with Crippen LogP contribution in [0.15, 0.2) is 24.3 Å². The smallest absolute Gasteiger partial charge is 0.329 e. The molecule has 0 saturated carbocycles. The number of nitrogens with one attached hydrogen (secondary N) is 1. The topological polar surface area (TPSA) is 107 Å². The van der Waals surface area contributed by atoms with Gasteiger partial charge in [0.15, 0.2) is 6.04 Å². The quantitative estimate of drug-likeness (QED) is 0.315. The molecule has 9 heteroatoms. The Kier molecular flexibility index (Phi) is 15.4. The van der Waals surface area contributed by atoms with Crippen molar-refractivity contribution in [3.63, 3.8) is 0 Å². The number of carboxylic acids is 1. The molecule has 1 aromatic rings. The van der Waals surface area contributed by atoms with Gasteiger partial charge in [-0.2, -0.15) is 0 Å². The first-order chi connectivity index (χ1) is 13.5. The summed E-state index contributed by atoms with van der Waals surface area (Å²) in [5, 5.41) is 21.6. The van der Waals surface area contributed by atoms with E-state index in [1.54, 1.807) is 0 Å². The summed E-state index contributed by atoms with van der Waals surface area (Å²) < 4.78 is 25.5. The first-order valence-corrected chi connectivity index (χ1v) is 12.4. The maximum Gasteiger partial charge on any atom is 0.329 e. The van der Waals surface area contributed by atoms with E-state index < -0.39 is 43.2 Å². The number of nitrogens with zero attached hydrogens (tertiary/aromatic N) is 1. The van der Waals surface area contributed by atoms with E-state index in [2.05, 4.69) is 19.2 Å². The van der Waals surface area contributed by atoms with E-state index in [1.165, 1.54) is 50.9 Å². The minimum Gasteiger partial charge on any atom is -0.480 e. The lowest BCUT2D eigenvalue weighted by Crippen LogP contribution is -2.46. The van der Waals surface area contributed by atoms with Crippen LogP contribution in [0.1, 0.15) is 58.8 Å². The van der Waals surface area contributed by atoms with Gasteiger partial charge in [0.1, 0.15) is 13.0 Å². The van der Waals surface area contributed by atoms with Gasteiger partial charge < -0.3 is 9.67 Å². The minimum absolute atomic E-state index is 0.0407. The van der Waals surface area contributed by atoms with Gasteiger partial charge in [-0.1, -0.05) is 53.2 Å². The minimum atomic E-state index is -2.75. The third-order valence-electron chi connectivity index (χ3n) is 3.48. The molecule has 1 amide bonds. The van der Waals surface area contributed by atoms with Crippen LogP contribution in [0.5, 0.6) is 0 Å². The average Bonchev–Trinajstić information content (AvgIpc) is 2.64. The summed E-state index contributed by atoms with van der Waals surface area (Å²) in [6.07, 6.45) is 1.29. The number of rotatable bonds is 8. The molecular weight excluding hydrogens is 398 g/mol. The number of hydrogen-bond acceptors (Lipinski definition) is 5. The number of carboxylic acid groups (broad SMARTS) is 1. The molecule has 2 unspecified atom stereocenters. The second kappa shape index (κ2) is 15.1. The average molecular weight is 434 g/mol. The van der Waals surface area contributed by atoms with Crippen molar-refractivity contribution in [1.29, 1.82) is 0 Å². The van der Waals surface area contributed by atoms with E-state index in [9.17, 15) is 23.8 Å². The number of hydroxylamine groups is 2. The highest BCUT2D eigenvalue weighted by Crippen LogP contribution is 2.50. The van der Waals surface area contributed by atoms with Crippen LogP contribution in [-0.4, -0.2) is 53.2 Å². The number of hydrogen-bond donors (Lipinski definition) is 3. The van der Waals surface area contributed by atoms with Crippen LogP contribution in [0.4, 0.5) is 4.39 Å². The molecular formula is C20H36FN2O5P. The number of benzene rings is 1. The number of amides is 1. The molecule has 0 spiro atoms. The lowest BCUT2D eigenvalue weighted by Gasteiger charge is -2.26. The summed E-state index contributed by atoms with van der Waals surface area (Å²) in [5.74, 6) is -3.34. The predicted molar refractivity (Wildman–Crippen MR) is 114 cm³/mol. The van der Waals surface area contributed by atoms with Crippen molar-refractivity contribution >= 4 is 19.0 Å². The zero-order chi connectivity index (χ0) is 23.2. The summed E-state index contributed by atoms with van der Waals surface area (Å²) in [5.41, 5.74) is 0.535. The van der Waals surface area contributed by atoms with E-state index >= 15 is 0 Å². The van der Waals surface area contributed by atoms with Crippen molar-refractivity contribution in [3.8, 4) is 0 Å². The Labute approximate surface area is 173 Å². The molecule has 0 aromatic heterocycles. The van der Waals surface area contributed by atoms with E-state index in [-0.39, 0.29) is 11.5 Å². The molecule has 0 fully saturated rings. The fourth-order valence-electron chi connectivity index (χ4n) is 2.23. The Morgan fingerprint density at radius 3 is 1.93 bits per heavy atom. The highest BCUT2D eigenvalue weighted by Gasteiger charge is 2.29. The van der Waals surface area contributed by atoms with Gasteiger partial charge in [0.2, 0.25) is 0 Å².